The minimum Gasteiger partial charge on any atom is -0.339 e. The third kappa shape index (κ3) is 7.88. The Morgan fingerprint density at radius 2 is 1.65 bits per heavy atom. The Kier molecular flexibility index (Phi) is 8.41. The molecule has 0 aliphatic carbocycles. The van der Waals surface area contributed by atoms with Gasteiger partial charge in [-0.2, -0.15) is 0 Å². The van der Waals surface area contributed by atoms with Crippen LogP contribution < -0.4 is 5.73 Å². The molecule has 0 saturated heterocycles. The number of carbonyl (C=O) groups excluding carboxylic acids is 1. The lowest BCUT2D eigenvalue weighted by Gasteiger charge is -2.33. The van der Waals surface area contributed by atoms with Gasteiger partial charge in [-0.25, -0.2) is 0 Å². The van der Waals surface area contributed by atoms with Crippen LogP contribution >= 0.6 is 0 Å². The summed E-state index contributed by atoms with van der Waals surface area (Å²) in [6.45, 7) is 16.0. The summed E-state index contributed by atoms with van der Waals surface area (Å²) >= 11 is 0. The molecule has 0 heterocycles. The zero-order valence-corrected chi connectivity index (χ0v) is 14.7. The second kappa shape index (κ2) is 8.66. The minimum absolute atomic E-state index is 0.0356. The van der Waals surface area contributed by atoms with Gasteiger partial charge in [0.25, 0.3) is 0 Å². The van der Waals surface area contributed by atoms with Crippen molar-refractivity contribution in [3.8, 4) is 0 Å². The summed E-state index contributed by atoms with van der Waals surface area (Å²) in [5.41, 5.74) is 6.34. The lowest BCUT2D eigenvalue weighted by atomic mass is 9.87. The van der Waals surface area contributed by atoms with E-state index in [1.165, 1.54) is 0 Å². The predicted octanol–water partition coefficient (Wildman–Crippen LogP) is 3.81. The van der Waals surface area contributed by atoms with Crippen molar-refractivity contribution in [2.24, 2.45) is 17.1 Å². The van der Waals surface area contributed by atoms with Crippen molar-refractivity contribution in [2.45, 2.75) is 86.2 Å². The molecule has 2 N–H and O–H groups in total. The van der Waals surface area contributed by atoms with Crippen LogP contribution in [-0.4, -0.2) is 29.4 Å². The zero-order valence-electron chi connectivity index (χ0n) is 14.7. The van der Waals surface area contributed by atoms with Crippen LogP contribution in [0.15, 0.2) is 0 Å². The van der Waals surface area contributed by atoms with Crippen LogP contribution in [0.5, 0.6) is 0 Å². The van der Waals surface area contributed by atoms with Gasteiger partial charge in [0.15, 0.2) is 0 Å². The quantitative estimate of drug-likeness (QED) is 0.736. The third-order valence-electron chi connectivity index (χ3n) is 3.58. The van der Waals surface area contributed by atoms with E-state index in [2.05, 4.69) is 53.4 Å². The normalized spacial score (nSPS) is 13.9. The molecular weight excluding hydrogens is 248 g/mol. The Morgan fingerprint density at radius 1 is 1.15 bits per heavy atom. The van der Waals surface area contributed by atoms with Crippen LogP contribution in [0.25, 0.3) is 0 Å². The number of nitrogens with zero attached hydrogens (tertiary/aromatic N) is 1. The summed E-state index contributed by atoms with van der Waals surface area (Å²) < 4.78 is 0. The number of hydrogen-bond donors (Lipinski definition) is 1. The molecule has 0 bridgehead atoms. The largest absolute Gasteiger partial charge is 0.339 e. The lowest BCUT2D eigenvalue weighted by molar-refractivity contribution is -0.134. The van der Waals surface area contributed by atoms with Crippen LogP contribution in [0, 0.1) is 11.3 Å². The molecule has 0 spiro atoms. The highest BCUT2D eigenvalue weighted by atomic mass is 16.2. The third-order valence-corrected chi connectivity index (χ3v) is 3.58. The van der Waals surface area contributed by atoms with Gasteiger partial charge in [-0.05, 0) is 30.6 Å². The molecule has 0 radical (unpaired) electrons. The van der Waals surface area contributed by atoms with E-state index in [1.807, 2.05) is 0 Å². The molecule has 0 aromatic carbocycles. The fourth-order valence-electron chi connectivity index (χ4n) is 2.78. The topological polar surface area (TPSA) is 46.3 Å². The molecule has 120 valence electrons. The second-order valence-corrected chi connectivity index (χ2v) is 7.64. The average molecular weight is 284 g/mol. The molecule has 3 nitrogen and oxygen atoms in total. The van der Waals surface area contributed by atoms with E-state index in [0.717, 1.165) is 25.8 Å². The lowest BCUT2D eigenvalue weighted by Crippen LogP contribution is -2.44. The van der Waals surface area contributed by atoms with Gasteiger partial charge in [-0.3, -0.25) is 4.79 Å². The maximum atomic E-state index is 12.6. The summed E-state index contributed by atoms with van der Waals surface area (Å²) in [6.07, 6.45) is 3.39. The van der Waals surface area contributed by atoms with E-state index in [0.29, 0.717) is 18.4 Å². The highest BCUT2D eigenvalue weighted by molar-refractivity contribution is 5.77. The first-order valence-electron chi connectivity index (χ1n) is 8.15. The molecule has 20 heavy (non-hydrogen) atoms. The van der Waals surface area contributed by atoms with Gasteiger partial charge >= 0.3 is 0 Å². The molecule has 1 amide bonds. The predicted molar refractivity (Wildman–Crippen MR) is 87.6 cm³/mol. The van der Waals surface area contributed by atoms with E-state index < -0.39 is 0 Å². The highest BCUT2D eigenvalue weighted by Crippen LogP contribution is 2.22. The second-order valence-electron chi connectivity index (χ2n) is 7.64. The molecule has 0 aromatic rings. The number of nitrogens with two attached hydrogens (primary N) is 1. The maximum Gasteiger partial charge on any atom is 0.224 e. The Balaban J connectivity index is 4.70. The van der Waals surface area contributed by atoms with Crippen LogP contribution in [0.4, 0.5) is 0 Å². The van der Waals surface area contributed by atoms with Crippen molar-refractivity contribution >= 4 is 5.91 Å². The fourth-order valence-corrected chi connectivity index (χ4v) is 2.78. The summed E-state index contributed by atoms with van der Waals surface area (Å²) in [7, 11) is 0. The first kappa shape index (κ1) is 19.4. The number of carbonyl (C=O) groups is 1. The Labute approximate surface area is 126 Å². The van der Waals surface area contributed by atoms with Gasteiger partial charge in [0, 0.05) is 25.0 Å². The fraction of sp³-hybridized carbons (Fsp3) is 0.941. The molecule has 3 heteroatoms. The number of amides is 1. The molecule has 0 aliphatic rings. The molecule has 0 rings (SSSR count). The standard InChI is InChI=1S/C17H36N2O/c1-8-15(9-2)19(12-13(3)4)16(20)10-14(18)11-17(5,6)7/h13-15H,8-12,18H2,1-7H3. The van der Waals surface area contributed by atoms with E-state index in [4.69, 9.17) is 5.73 Å². The van der Waals surface area contributed by atoms with Crippen molar-refractivity contribution < 1.29 is 4.79 Å². The van der Waals surface area contributed by atoms with Crippen molar-refractivity contribution in [2.75, 3.05) is 6.54 Å². The summed E-state index contributed by atoms with van der Waals surface area (Å²) in [5, 5.41) is 0. The first-order chi connectivity index (χ1) is 9.10. The SMILES string of the molecule is CCC(CC)N(CC(C)C)C(=O)CC(N)CC(C)(C)C. The van der Waals surface area contributed by atoms with Crippen LogP contribution in [0.2, 0.25) is 0 Å². The van der Waals surface area contributed by atoms with E-state index in [9.17, 15) is 4.79 Å². The molecule has 0 aromatic heterocycles. The molecule has 0 aliphatic heterocycles. The van der Waals surface area contributed by atoms with E-state index in [1.54, 1.807) is 0 Å². The zero-order chi connectivity index (χ0) is 15.9. The van der Waals surface area contributed by atoms with Crippen molar-refractivity contribution in [1.82, 2.24) is 4.90 Å². The first-order valence-corrected chi connectivity index (χ1v) is 8.15. The van der Waals surface area contributed by atoms with E-state index in [-0.39, 0.29) is 17.4 Å². The molecular formula is C17H36N2O. The smallest absolute Gasteiger partial charge is 0.224 e. The van der Waals surface area contributed by atoms with Gasteiger partial charge in [-0.15, -0.1) is 0 Å². The molecule has 0 saturated carbocycles. The molecule has 1 unspecified atom stereocenters. The minimum atomic E-state index is -0.0356. The van der Waals surface area contributed by atoms with Crippen molar-refractivity contribution in [3.63, 3.8) is 0 Å². The monoisotopic (exact) mass is 284 g/mol. The summed E-state index contributed by atoms with van der Waals surface area (Å²) in [4.78, 5) is 14.6. The Hall–Kier alpha value is -0.570. The summed E-state index contributed by atoms with van der Waals surface area (Å²) in [5.74, 6) is 0.725. The van der Waals surface area contributed by atoms with Gasteiger partial charge in [-0.1, -0.05) is 48.5 Å². The number of hydrogen-bond acceptors (Lipinski definition) is 2. The van der Waals surface area contributed by atoms with Gasteiger partial charge in [0.05, 0.1) is 0 Å². The van der Waals surface area contributed by atoms with Gasteiger partial charge in [0.2, 0.25) is 5.91 Å². The summed E-state index contributed by atoms with van der Waals surface area (Å²) in [6, 6.07) is 0.318. The number of rotatable bonds is 8. The highest BCUT2D eigenvalue weighted by Gasteiger charge is 2.25. The molecule has 1 atom stereocenters. The van der Waals surface area contributed by atoms with Crippen LogP contribution in [0.1, 0.15) is 74.1 Å². The maximum absolute atomic E-state index is 12.6. The van der Waals surface area contributed by atoms with Crippen molar-refractivity contribution in [1.29, 1.82) is 0 Å². The van der Waals surface area contributed by atoms with Gasteiger partial charge < -0.3 is 10.6 Å². The Bertz CT molecular complexity index is 277. The molecule has 0 fully saturated rings. The van der Waals surface area contributed by atoms with E-state index >= 15 is 0 Å². The van der Waals surface area contributed by atoms with Crippen molar-refractivity contribution in [3.05, 3.63) is 0 Å². The van der Waals surface area contributed by atoms with Crippen LogP contribution in [0.3, 0.4) is 0 Å². The average Bonchev–Trinajstić information content (AvgIpc) is 2.25. The van der Waals surface area contributed by atoms with Gasteiger partial charge in [0.1, 0.15) is 0 Å². The van der Waals surface area contributed by atoms with Crippen LogP contribution in [-0.2, 0) is 4.79 Å². The Morgan fingerprint density at radius 3 is 2.00 bits per heavy atom.